The molecule has 1 amide bonds. The lowest BCUT2D eigenvalue weighted by Gasteiger charge is -2.09. The van der Waals surface area contributed by atoms with Crippen LogP contribution >= 0.6 is 47.5 Å². The van der Waals surface area contributed by atoms with Crippen LogP contribution in [-0.2, 0) is 4.79 Å². The van der Waals surface area contributed by atoms with Gasteiger partial charge in [0.05, 0.1) is 4.24 Å². The topological polar surface area (TPSA) is 20.3 Å². The normalized spacial score (nSPS) is 22.3. The summed E-state index contributed by atoms with van der Waals surface area (Å²) < 4.78 is 1.73. The second-order valence-corrected chi connectivity index (χ2v) is 8.20. The molecule has 0 bridgehead atoms. The number of hydrogen-bond donors (Lipinski definition) is 0. The van der Waals surface area contributed by atoms with Crippen molar-refractivity contribution in [1.82, 2.24) is 4.90 Å². The number of thiocarbonyl (C=S) groups is 1. The first kappa shape index (κ1) is 13.5. The number of thioether (sulfide) groups is 3. The van der Waals surface area contributed by atoms with Crippen LogP contribution in [-0.4, -0.2) is 21.7 Å². The summed E-state index contributed by atoms with van der Waals surface area (Å²) >= 11 is 10.0. The Hall–Kier alpha value is -0.430. The molecule has 1 aromatic carbocycles. The summed E-state index contributed by atoms with van der Waals surface area (Å²) in [4.78, 5) is 17.2. The lowest BCUT2D eigenvalue weighted by atomic mass is 10.2. The van der Waals surface area contributed by atoms with Crippen LogP contribution < -0.4 is 0 Å². The van der Waals surface area contributed by atoms with Crippen molar-refractivity contribution in [2.24, 2.45) is 0 Å². The van der Waals surface area contributed by atoms with Crippen molar-refractivity contribution in [2.45, 2.75) is 23.6 Å². The Bertz CT molecular complexity index is 623. The Morgan fingerprint density at radius 1 is 1.21 bits per heavy atom. The Morgan fingerprint density at radius 2 is 1.95 bits per heavy atom. The lowest BCUT2D eigenvalue weighted by Crippen LogP contribution is -2.27. The van der Waals surface area contributed by atoms with Gasteiger partial charge in [-0.05, 0) is 31.5 Å². The van der Waals surface area contributed by atoms with Gasteiger partial charge in [0.1, 0.15) is 9.23 Å². The maximum absolute atomic E-state index is 12.3. The van der Waals surface area contributed by atoms with Gasteiger partial charge >= 0.3 is 0 Å². The minimum Gasteiger partial charge on any atom is -0.293 e. The second kappa shape index (κ2) is 5.16. The molecule has 2 aliphatic rings. The van der Waals surface area contributed by atoms with Gasteiger partial charge in [0.25, 0.3) is 5.91 Å². The summed E-state index contributed by atoms with van der Waals surface area (Å²) in [5, 5.41) is 0. The summed E-state index contributed by atoms with van der Waals surface area (Å²) in [6.45, 7) is 4.67. The molecule has 0 aromatic heterocycles. The number of nitrogens with zero attached hydrogens (tertiary/aromatic N) is 1. The van der Waals surface area contributed by atoms with Crippen molar-refractivity contribution < 1.29 is 4.79 Å². The molecule has 0 N–H and O–H groups in total. The zero-order valence-electron chi connectivity index (χ0n) is 10.4. The van der Waals surface area contributed by atoms with E-state index < -0.39 is 0 Å². The fourth-order valence-corrected chi connectivity index (χ4v) is 6.05. The molecule has 0 saturated carbocycles. The number of benzene rings is 1. The second-order valence-electron chi connectivity index (χ2n) is 4.19. The molecule has 98 valence electrons. The van der Waals surface area contributed by atoms with Crippen LogP contribution in [0.15, 0.2) is 37.1 Å². The third-order valence-corrected chi connectivity index (χ3v) is 7.10. The Labute approximate surface area is 130 Å². The highest BCUT2D eigenvalue weighted by atomic mass is 32.2. The molecule has 1 fully saturated rings. The van der Waals surface area contributed by atoms with Gasteiger partial charge in [0.2, 0.25) is 0 Å². The molecule has 19 heavy (non-hydrogen) atoms. The quantitative estimate of drug-likeness (QED) is 0.567. The first-order chi connectivity index (χ1) is 9.10. The highest BCUT2D eigenvalue weighted by molar-refractivity contribution is 8.30. The molecular formula is C13H11NOS4. The highest BCUT2D eigenvalue weighted by Gasteiger charge is 2.35. The van der Waals surface area contributed by atoms with Crippen LogP contribution in [0.5, 0.6) is 0 Å². The molecule has 0 aliphatic carbocycles. The number of aryl methyl sites for hydroxylation is 1. The number of amides is 1. The predicted octanol–water partition coefficient (Wildman–Crippen LogP) is 4.24. The fraction of sp³-hybridized carbons (Fsp3) is 0.231. The monoisotopic (exact) mass is 325 g/mol. The van der Waals surface area contributed by atoms with Crippen molar-refractivity contribution in [1.29, 1.82) is 0 Å². The van der Waals surface area contributed by atoms with Crippen molar-refractivity contribution in [3.63, 3.8) is 0 Å². The molecule has 0 unspecified atom stereocenters. The molecule has 6 heteroatoms. The predicted molar refractivity (Wildman–Crippen MR) is 87.5 cm³/mol. The van der Waals surface area contributed by atoms with E-state index in [4.69, 9.17) is 12.2 Å². The molecule has 2 nitrogen and oxygen atoms in total. The summed E-state index contributed by atoms with van der Waals surface area (Å²) in [5.74, 6) is 0.0528. The Balaban J connectivity index is 1.96. The summed E-state index contributed by atoms with van der Waals surface area (Å²) in [5.41, 5.74) is 1.24. The van der Waals surface area contributed by atoms with Crippen LogP contribution in [0.25, 0.3) is 0 Å². The number of carbonyl (C=O) groups is 1. The molecule has 1 saturated heterocycles. The minimum atomic E-state index is 0.0528. The number of rotatable bonds is 1. The number of hydrogen-bond acceptors (Lipinski definition) is 5. The van der Waals surface area contributed by atoms with Gasteiger partial charge in [-0.2, -0.15) is 0 Å². The molecule has 0 spiro atoms. The SMILES string of the molecule is CCN1C(=O)/C(=C2\Sc3ccc(C)cc3S2)SC1=S. The van der Waals surface area contributed by atoms with Crippen molar-refractivity contribution in [3.8, 4) is 0 Å². The molecule has 0 atom stereocenters. The number of carbonyl (C=O) groups excluding carboxylic acids is 1. The zero-order valence-corrected chi connectivity index (χ0v) is 13.7. The summed E-state index contributed by atoms with van der Waals surface area (Å²) in [6, 6.07) is 6.39. The Kier molecular flexibility index (Phi) is 3.68. The first-order valence-corrected chi connectivity index (χ1v) is 8.70. The van der Waals surface area contributed by atoms with Crippen LogP contribution in [0, 0.1) is 6.92 Å². The van der Waals surface area contributed by atoms with Gasteiger partial charge < -0.3 is 0 Å². The van der Waals surface area contributed by atoms with Crippen molar-refractivity contribution in [3.05, 3.63) is 32.9 Å². The van der Waals surface area contributed by atoms with E-state index in [1.807, 2.05) is 6.92 Å². The first-order valence-electron chi connectivity index (χ1n) is 5.84. The van der Waals surface area contributed by atoms with Gasteiger partial charge in [0.15, 0.2) is 0 Å². The minimum absolute atomic E-state index is 0.0528. The van der Waals surface area contributed by atoms with Crippen LogP contribution in [0.4, 0.5) is 0 Å². The molecule has 3 rings (SSSR count). The summed E-state index contributed by atoms with van der Waals surface area (Å²) in [7, 11) is 0. The van der Waals surface area contributed by atoms with Crippen molar-refractivity contribution in [2.75, 3.05) is 6.54 Å². The number of fused-ring (bicyclic) bond motifs is 1. The van der Waals surface area contributed by atoms with E-state index in [2.05, 4.69) is 25.1 Å². The van der Waals surface area contributed by atoms with E-state index in [0.717, 1.165) is 9.14 Å². The van der Waals surface area contributed by atoms with E-state index >= 15 is 0 Å². The van der Waals surface area contributed by atoms with Gasteiger partial charge in [-0.3, -0.25) is 9.69 Å². The average Bonchev–Trinajstić information content (AvgIpc) is 2.90. The smallest absolute Gasteiger partial charge is 0.267 e. The standard InChI is InChI=1S/C13H11NOS4/c1-3-14-11(15)10(19-13(14)16)12-17-8-5-4-7(2)6-9(8)18-12/h4-6H,3H2,1-2H3/b12-10-. The maximum Gasteiger partial charge on any atom is 0.267 e. The van der Waals surface area contributed by atoms with Crippen LogP contribution in [0.2, 0.25) is 0 Å². The van der Waals surface area contributed by atoms with Crippen LogP contribution in [0.3, 0.4) is 0 Å². The molecular weight excluding hydrogens is 314 g/mol. The summed E-state index contributed by atoms with van der Waals surface area (Å²) in [6.07, 6.45) is 0. The lowest BCUT2D eigenvalue weighted by molar-refractivity contribution is -0.122. The molecule has 2 heterocycles. The maximum atomic E-state index is 12.3. The average molecular weight is 326 g/mol. The van der Waals surface area contributed by atoms with E-state index in [1.165, 1.54) is 27.1 Å². The molecule has 0 radical (unpaired) electrons. The zero-order chi connectivity index (χ0) is 13.6. The third-order valence-electron chi connectivity index (χ3n) is 2.86. The van der Waals surface area contributed by atoms with E-state index in [-0.39, 0.29) is 5.91 Å². The van der Waals surface area contributed by atoms with Gasteiger partial charge in [-0.25, -0.2) is 0 Å². The van der Waals surface area contributed by atoms with Gasteiger partial charge in [-0.1, -0.05) is 53.6 Å². The largest absolute Gasteiger partial charge is 0.293 e. The molecule has 1 aromatic rings. The Morgan fingerprint density at radius 3 is 2.63 bits per heavy atom. The highest BCUT2D eigenvalue weighted by Crippen LogP contribution is 2.55. The third kappa shape index (κ3) is 2.35. The van der Waals surface area contributed by atoms with E-state index in [0.29, 0.717) is 10.9 Å². The van der Waals surface area contributed by atoms with Gasteiger partial charge in [0, 0.05) is 16.3 Å². The molecule has 2 aliphatic heterocycles. The van der Waals surface area contributed by atoms with E-state index in [1.54, 1.807) is 28.4 Å². The van der Waals surface area contributed by atoms with Crippen molar-refractivity contribution >= 4 is 57.7 Å². The van der Waals surface area contributed by atoms with Gasteiger partial charge in [-0.15, -0.1) is 0 Å². The van der Waals surface area contributed by atoms with E-state index in [9.17, 15) is 4.79 Å². The van der Waals surface area contributed by atoms with Crippen LogP contribution in [0.1, 0.15) is 12.5 Å². The number of likely N-dealkylation sites (N-methyl/N-ethyl adjacent to an activating group) is 1. The fourth-order valence-electron chi connectivity index (χ4n) is 1.89.